The van der Waals surface area contributed by atoms with Crippen molar-refractivity contribution in [1.29, 1.82) is 0 Å². The monoisotopic (exact) mass is 407 g/mol. The molecule has 0 spiro atoms. The van der Waals surface area contributed by atoms with Crippen LogP contribution in [-0.2, 0) is 0 Å². The number of nitrogens with zero attached hydrogens (tertiary/aromatic N) is 2. The van der Waals surface area contributed by atoms with Gasteiger partial charge in [-0.25, -0.2) is 13.2 Å². The lowest BCUT2D eigenvalue weighted by atomic mass is 9.89. The third-order valence-electron chi connectivity index (χ3n) is 6.94. The molecule has 2 aliphatic carbocycles. The minimum absolute atomic E-state index is 0.0342. The molecule has 1 aliphatic heterocycles. The molecule has 2 aromatic rings. The molecule has 0 unspecified atom stereocenters. The minimum Gasteiger partial charge on any atom is -0.492 e. The van der Waals surface area contributed by atoms with Crippen LogP contribution in [0.3, 0.4) is 0 Å². The number of ether oxygens (including phenoxy) is 1. The summed E-state index contributed by atoms with van der Waals surface area (Å²) in [6, 6.07) is 0.743. The van der Waals surface area contributed by atoms with Crippen LogP contribution in [0.25, 0.3) is 10.9 Å². The summed E-state index contributed by atoms with van der Waals surface area (Å²) in [6.45, 7) is 1.75. The van der Waals surface area contributed by atoms with Crippen molar-refractivity contribution in [3.63, 3.8) is 0 Å². The summed E-state index contributed by atoms with van der Waals surface area (Å²) in [5.41, 5.74) is 4.24. The van der Waals surface area contributed by atoms with Crippen molar-refractivity contribution in [2.24, 2.45) is 5.73 Å². The smallest absolute Gasteiger partial charge is 0.192 e. The van der Waals surface area contributed by atoms with Crippen LogP contribution in [0.15, 0.2) is 17.1 Å². The van der Waals surface area contributed by atoms with Gasteiger partial charge in [-0.2, -0.15) is 0 Å². The normalized spacial score (nSPS) is 33.4. The number of anilines is 1. The highest BCUT2D eigenvalue weighted by molar-refractivity contribution is 5.92. The van der Waals surface area contributed by atoms with E-state index < -0.39 is 29.2 Å². The van der Waals surface area contributed by atoms with Gasteiger partial charge in [0.05, 0.1) is 36.1 Å². The van der Waals surface area contributed by atoms with E-state index in [4.69, 9.17) is 10.5 Å². The van der Waals surface area contributed by atoms with E-state index in [0.717, 1.165) is 6.07 Å². The molecule has 1 aromatic carbocycles. The second kappa shape index (κ2) is 5.90. The zero-order valence-corrected chi connectivity index (χ0v) is 16.5. The van der Waals surface area contributed by atoms with Crippen LogP contribution in [0.4, 0.5) is 18.9 Å². The van der Waals surface area contributed by atoms with Gasteiger partial charge in [-0.1, -0.05) is 0 Å². The third-order valence-corrected chi connectivity index (χ3v) is 6.94. The Labute approximate surface area is 166 Å². The van der Waals surface area contributed by atoms with E-state index in [9.17, 15) is 9.18 Å². The molecule has 2 saturated carbocycles. The first kappa shape index (κ1) is 18.8. The van der Waals surface area contributed by atoms with Crippen molar-refractivity contribution in [1.82, 2.24) is 4.57 Å². The van der Waals surface area contributed by atoms with Crippen LogP contribution in [0.2, 0.25) is 0 Å². The average molecular weight is 407 g/mol. The first-order valence-corrected chi connectivity index (χ1v) is 9.98. The quantitative estimate of drug-likeness (QED) is 0.849. The second-order valence-electron chi connectivity index (χ2n) is 8.84. The molecule has 0 radical (unpaired) electrons. The van der Waals surface area contributed by atoms with Gasteiger partial charge in [0.2, 0.25) is 0 Å². The molecule has 4 atom stereocenters. The first-order valence-electron chi connectivity index (χ1n) is 9.98. The van der Waals surface area contributed by atoms with Gasteiger partial charge in [0.1, 0.15) is 17.5 Å². The summed E-state index contributed by atoms with van der Waals surface area (Å²) >= 11 is 0. The molecule has 5 nitrogen and oxygen atoms in total. The zero-order chi connectivity index (χ0) is 20.7. The molecule has 3 aliphatic rings. The Morgan fingerprint density at radius 3 is 2.66 bits per heavy atom. The molecular weight excluding hydrogens is 383 g/mol. The molecule has 1 aromatic heterocycles. The number of benzene rings is 1. The fourth-order valence-corrected chi connectivity index (χ4v) is 5.24. The zero-order valence-electron chi connectivity index (χ0n) is 16.5. The summed E-state index contributed by atoms with van der Waals surface area (Å²) < 4.78 is 51.9. The van der Waals surface area contributed by atoms with Crippen LogP contribution < -0.4 is 20.8 Å². The highest BCUT2D eigenvalue weighted by Crippen LogP contribution is 2.51. The highest BCUT2D eigenvalue weighted by Gasteiger charge is 2.60. The molecule has 156 valence electrons. The lowest BCUT2D eigenvalue weighted by Crippen LogP contribution is -2.53. The van der Waals surface area contributed by atoms with E-state index in [1.54, 1.807) is 22.6 Å². The Bertz CT molecular complexity index is 1070. The standard InChI is InChI=1S/C21H24F3N3O2/c1-11-8-27(15-7-13(15)22)16-12(18(11)28)6-14(23)17(19(16)29-2)26-9-20(24)4-3-5-21(20,25)10-26/h6,8,13,15H,3-5,7,9-10,25H2,1-2H3/t13-,15+,20-,21+/m0/s1. The van der Waals surface area contributed by atoms with Gasteiger partial charge in [-0.15, -0.1) is 0 Å². The Kier molecular flexibility index (Phi) is 3.82. The molecule has 5 rings (SSSR count). The maximum Gasteiger partial charge on any atom is 0.192 e. The molecule has 2 heterocycles. The third kappa shape index (κ3) is 2.47. The lowest BCUT2D eigenvalue weighted by Gasteiger charge is -2.27. The van der Waals surface area contributed by atoms with Crippen LogP contribution in [0, 0.1) is 12.7 Å². The van der Waals surface area contributed by atoms with Crippen molar-refractivity contribution in [3.05, 3.63) is 33.9 Å². The van der Waals surface area contributed by atoms with Crippen LogP contribution >= 0.6 is 0 Å². The van der Waals surface area contributed by atoms with E-state index in [-0.39, 0.29) is 35.3 Å². The van der Waals surface area contributed by atoms with Crippen molar-refractivity contribution in [2.75, 3.05) is 25.1 Å². The van der Waals surface area contributed by atoms with E-state index in [1.807, 2.05) is 0 Å². The van der Waals surface area contributed by atoms with Gasteiger partial charge < -0.3 is 19.9 Å². The van der Waals surface area contributed by atoms with E-state index in [2.05, 4.69) is 0 Å². The molecule has 29 heavy (non-hydrogen) atoms. The molecule has 8 heteroatoms. The highest BCUT2D eigenvalue weighted by atomic mass is 19.1. The number of hydrogen-bond donors (Lipinski definition) is 1. The lowest BCUT2D eigenvalue weighted by molar-refractivity contribution is 0.134. The number of aromatic nitrogens is 1. The maximum atomic E-state index is 15.5. The number of nitrogens with two attached hydrogens (primary N) is 1. The van der Waals surface area contributed by atoms with Crippen molar-refractivity contribution in [2.45, 2.75) is 56.0 Å². The number of fused-ring (bicyclic) bond motifs is 2. The van der Waals surface area contributed by atoms with Crippen molar-refractivity contribution >= 4 is 16.6 Å². The van der Waals surface area contributed by atoms with Crippen molar-refractivity contribution < 1.29 is 17.9 Å². The topological polar surface area (TPSA) is 60.5 Å². The first-order chi connectivity index (χ1) is 13.7. The molecule has 3 fully saturated rings. The predicted molar refractivity (Wildman–Crippen MR) is 105 cm³/mol. The summed E-state index contributed by atoms with van der Waals surface area (Å²) in [6.07, 6.45) is 2.48. The Hall–Kier alpha value is -2.22. The van der Waals surface area contributed by atoms with Gasteiger partial charge in [0.25, 0.3) is 0 Å². The Balaban J connectivity index is 1.74. The Morgan fingerprint density at radius 2 is 2.03 bits per heavy atom. The molecule has 0 bridgehead atoms. The summed E-state index contributed by atoms with van der Waals surface area (Å²) in [7, 11) is 1.38. The average Bonchev–Trinajstić information content (AvgIpc) is 3.23. The van der Waals surface area contributed by atoms with Crippen LogP contribution in [0.5, 0.6) is 5.75 Å². The summed E-state index contributed by atoms with van der Waals surface area (Å²) in [5.74, 6) is -0.535. The number of alkyl halides is 2. The van der Waals surface area contributed by atoms with E-state index in [1.165, 1.54) is 7.11 Å². The van der Waals surface area contributed by atoms with Crippen LogP contribution in [-0.4, -0.2) is 42.1 Å². The molecule has 2 N–H and O–H groups in total. The predicted octanol–water partition coefficient (Wildman–Crippen LogP) is 3.15. The number of pyridine rings is 1. The number of hydrogen-bond acceptors (Lipinski definition) is 4. The fourth-order valence-electron chi connectivity index (χ4n) is 5.24. The SMILES string of the molecule is COc1c(N2C[C@]3(N)CCC[C@]3(F)C2)c(F)cc2c(=O)c(C)cn([C@@H]3C[C@@H]3F)c12. The fraction of sp³-hybridized carbons (Fsp3) is 0.571. The summed E-state index contributed by atoms with van der Waals surface area (Å²) in [4.78, 5) is 14.3. The van der Waals surface area contributed by atoms with Gasteiger partial charge in [-0.3, -0.25) is 4.79 Å². The van der Waals surface area contributed by atoms with Crippen molar-refractivity contribution in [3.8, 4) is 5.75 Å². The van der Waals surface area contributed by atoms with E-state index in [0.29, 0.717) is 36.8 Å². The summed E-state index contributed by atoms with van der Waals surface area (Å²) in [5, 5.41) is 0.138. The molecule has 0 amide bonds. The van der Waals surface area contributed by atoms with Gasteiger partial charge in [0, 0.05) is 24.7 Å². The van der Waals surface area contributed by atoms with Gasteiger partial charge in [-0.05, 0) is 32.3 Å². The second-order valence-corrected chi connectivity index (χ2v) is 8.84. The molecule has 1 saturated heterocycles. The van der Waals surface area contributed by atoms with Gasteiger partial charge in [0.15, 0.2) is 17.0 Å². The molecular formula is C21H24F3N3O2. The van der Waals surface area contributed by atoms with Gasteiger partial charge >= 0.3 is 0 Å². The number of rotatable bonds is 3. The minimum atomic E-state index is -1.59. The maximum absolute atomic E-state index is 15.5. The largest absolute Gasteiger partial charge is 0.492 e. The number of aryl methyl sites for hydroxylation is 1. The number of halogens is 3. The van der Waals surface area contributed by atoms with E-state index >= 15 is 8.78 Å². The Morgan fingerprint density at radius 1 is 1.31 bits per heavy atom. The number of methoxy groups -OCH3 is 1. The van der Waals surface area contributed by atoms with Crippen LogP contribution in [0.1, 0.15) is 37.3 Å².